The number of benzene rings is 1. The van der Waals surface area contributed by atoms with Crippen LogP contribution in [0.3, 0.4) is 0 Å². The van der Waals surface area contributed by atoms with Crippen LogP contribution in [0.15, 0.2) is 34.7 Å². The zero-order chi connectivity index (χ0) is 20.6. The number of methoxy groups -OCH3 is 2. The molecular formula is C19H21N3O6S. The van der Waals surface area contributed by atoms with Crippen molar-refractivity contribution in [1.82, 2.24) is 10.3 Å². The first-order valence-corrected chi connectivity index (χ1v) is 9.67. The second-order valence-electron chi connectivity index (χ2n) is 5.90. The van der Waals surface area contributed by atoms with Crippen LogP contribution in [0.4, 0.5) is 4.79 Å². The van der Waals surface area contributed by atoms with Crippen molar-refractivity contribution >= 4 is 29.6 Å². The molecule has 1 aliphatic rings. The smallest absolute Gasteiger partial charge is 0.415 e. The fraction of sp³-hybridized carbons (Fsp3) is 0.316. The Morgan fingerprint density at radius 1 is 1.21 bits per heavy atom. The van der Waals surface area contributed by atoms with Crippen LogP contribution in [0.25, 0.3) is 0 Å². The molecule has 10 heteroatoms. The maximum atomic E-state index is 12.4. The Labute approximate surface area is 171 Å². The average Bonchev–Trinajstić information content (AvgIpc) is 3.30. The molecule has 0 aliphatic carbocycles. The van der Waals surface area contributed by atoms with Gasteiger partial charge in [0.2, 0.25) is 5.75 Å². The quantitative estimate of drug-likeness (QED) is 0.570. The van der Waals surface area contributed by atoms with Crippen molar-refractivity contribution in [2.45, 2.75) is 0 Å². The third kappa shape index (κ3) is 5.24. The van der Waals surface area contributed by atoms with Gasteiger partial charge in [-0.25, -0.2) is 10.2 Å². The van der Waals surface area contributed by atoms with Crippen molar-refractivity contribution in [3.63, 3.8) is 0 Å². The zero-order valence-corrected chi connectivity index (χ0v) is 16.9. The van der Waals surface area contributed by atoms with Gasteiger partial charge in [0.05, 0.1) is 38.5 Å². The SMILES string of the molecule is COc1cc(/C=N/NC(=O)c2cccs2)cc(OC)c1OC(=O)N1CCOCC1. The number of ether oxygens (including phenoxy) is 4. The van der Waals surface area contributed by atoms with Crippen LogP contribution in [0.5, 0.6) is 17.2 Å². The standard InChI is InChI=1S/C19H21N3O6S/c1-25-14-10-13(12-20-21-18(23)16-4-3-9-29-16)11-15(26-2)17(14)28-19(24)22-5-7-27-8-6-22/h3-4,9-12H,5-8H2,1-2H3,(H,21,23)/b20-12+. The molecule has 154 valence electrons. The van der Waals surface area contributed by atoms with E-state index in [4.69, 9.17) is 18.9 Å². The summed E-state index contributed by atoms with van der Waals surface area (Å²) in [5, 5.41) is 5.76. The van der Waals surface area contributed by atoms with Crippen LogP contribution in [-0.2, 0) is 4.74 Å². The predicted octanol–water partition coefficient (Wildman–Crippen LogP) is 2.36. The lowest BCUT2D eigenvalue weighted by molar-refractivity contribution is 0.0411. The van der Waals surface area contributed by atoms with E-state index in [1.807, 2.05) is 5.38 Å². The molecule has 2 heterocycles. The number of carbonyl (C=O) groups is 2. The van der Waals surface area contributed by atoms with E-state index < -0.39 is 6.09 Å². The van der Waals surface area contributed by atoms with Gasteiger partial charge in [-0.15, -0.1) is 11.3 Å². The van der Waals surface area contributed by atoms with Gasteiger partial charge in [0.25, 0.3) is 5.91 Å². The predicted molar refractivity (Wildman–Crippen MR) is 107 cm³/mol. The number of carbonyl (C=O) groups excluding carboxylic acids is 2. The first-order valence-electron chi connectivity index (χ1n) is 8.80. The molecule has 0 bridgehead atoms. The minimum atomic E-state index is -0.505. The summed E-state index contributed by atoms with van der Waals surface area (Å²) in [6, 6.07) is 6.76. The Hall–Kier alpha value is -3.11. The normalized spacial score (nSPS) is 13.9. The molecule has 1 aliphatic heterocycles. The first kappa shape index (κ1) is 20.6. The third-order valence-electron chi connectivity index (χ3n) is 4.07. The maximum absolute atomic E-state index is 12.4. The van der Waals surface area contributed by atoms with Crippen LogP contribution >= 0.6 is 11.3 Å². The number of hydrazone groups is 1. The molecule has 0 saturated carbocycles. The number of nitrogens with zero attached hydrogens (tertiary/aromatic N) is 2. The van der Waals surface area contributed by atoms with Crippen molar-refractivity contribution in [3.05, 3.63) is 40.1 Å². The highest BCUT2D eigenvalue weighted by Crippen LogP contribution is 2.38. The van der Waals surface area contributed by atoms with Gasteiger partial charge in [-0.2, -0.15) is 5.10 Å². The highest BCUT2D eigenvalue weighted by Gasteiger charge is 2.23. The van der Waals surface area contributed by atoms with E-state index in [0.29, 0.717) is 48.2 Å². The summed E-state index contributed by atoms with van der Waals surface area (Å²) in [5.41, 5.74) is 3.05. The van der Waals surface area contributed by atoms with Crippen LogP contribution in [0.2, 0.25) is 0 Å². The van der Waals surface area contributed by atoms with Crippen molar-refractivity contribution in [2.24, 2.45) is 5.10 Å². The topological polar surface area (TPSA) is 98.7 Å². The second kappa shape index (κ2) is 9.89. The van der Waals surface area contributed by atoms with Gasteiger partial charge in [-0.1, -0.05) is 6.07 Å². The highest BCUT2D eigenvalue weighted by atomic mass is 32.1. The molecule has 1 saturated heterocycles. The Kier molecular flexibility index (Phi) is 7.04. The van der Waals surface area contributed by atoms with E-state index in [2.05, 4.69) is 10.5 Å². The van der Waals surface area contributed by atoms with Gasteiger partial charge in [-0.05, 0) is 23.6 Å². The summed E-state index contributed by atoms with van der Waals surface area (Å²) in [4.78, 5) is 26.5. The summed E-state index contributed by atoms with van der Waals surface area (Å²) in [6.45, 7) is 1.85. The summed E-state index contributed by atoms with van der Waals surface area (Å²) in [7, 11) is 2.92. The third-order valence-corrected chi connectivity index (χ3v) is 4.93. The molecule has 1 fully saturated rings. The molecule has 0 unspecified atom stereocenters. The highest BCUT2D eigenvalue weighted by molar-refractivity contribution is 7.12. The lowest BCUT2D eigenvalue weighted by Crippen LogP contribution is -2.42. The Balaban J connectivity index is 1.74. The first-order chi connectivity index (χ1) is 14.1. The van der Waals surface area contributed by atoms with Crippen molar-refractivity contribution in [2.75, 3.05) is 40.5 Å². The van der Waals surface area contributed by atoms with E-state index in [1.165, 1.54) is 31.8 Å². The van der Waals surface area contributed by atoms with Gasteiger partial charge in [0.15, 0.2) is 11.5 Å². The number of rotatable bonds is 6. The van der Waals surface area contributed by atoms with Crippen molar-refractivity contribution in [1.29, 1.82) is 0 Å². The van der Waals surface area contributed by atoms with Gasteiger partial charge >= 0.3 is 6.09 Å². The van der Waals surface area contributed by atoms with E-state index in [9.17, 15) is 9.59 Å². The van der Waals surface area contributed by atoms with Gasteiger partial charge in [0, 0.05) is 18.7 Å². The second-order valence-corrected chi connectivity index (χ2v) is 6.85. The molecule has 1 aromatic heterocycles. The van der Waals surface area contributed by atoms with E-state index in [-0.39, 0.29) is 11.7 Å². The maximum Gasteiger partial charge on any atom is 0.415 e. The van der Waals surface area contributed by atoms with E-state index in [0.717, 1.165) is 0 Å². The summed E-state index contributed by atoms with van der Waals surface area (Å²) >= 11 is 1.32. The molecule has 1 N–H and O–H groups in total. The minimum Gasteiger partial charge on any atom is -0.493 e. The Morgan fingerprint density at radius 2 is 1.90 bits per heavy atom. The van der Waals surface area contributed by atoms with Crippen LogP contribution < -0.4 is 19.6 Å². The molecule has 9 nitrogen and oxygen atoms in total. The molecule has 0 radical (unpaired) electrons. The van der Waals surface area contributed by atoms with E-state index in [1.54, 1.807) is 29.2 Å². The number of morpholine rings is 1. The van der Waals surface area contributed by atoms with Crippen molar-refractivity contribution < 1.29 is 28.5 Å². The molecule has 2 aromatic rings. The van der Waals surface area contributed by atoms with Crippen molar-refractivity contribution in [3.8, 4) is 17.2 Å². The molecule has 29 heavy (non-hydrogen) atoms. The molecule has 0 spiro atoms. The molecule has 3 rings (SSSR count). The number of thiophene rings is 1. The van der Waals surface area contributed by atoms with Crippen LogP contribution in [-0.4, -0.2) is 63.6 Å². The summed E-state index contributed by atoms with van der Waals surface area (Å²) in [5.74, 6) is 0.478. The van der Waals surface area contributed by atoms with Gasteiger partial charge in [0.1, 0.15) is 0 Å². The number of hydrogen-bond donors (Lipinski definition) is 1. The molecule has 1 aromatic carbocycles. The lowest BCUT2D eigenvalue weighted by Gasteiger charge is -2.26. The lowest BCUT2D eigenvalue weighted by atomic mass is 10.2. The average molecular weight is 419 g/mol. The Morgan fingerprint density at radius 3 is 2.48 bits per heavy atom. The largest absolute Gasteiger partial charge is 0.493 e. The van der Waals surface area contributed by atoms with Gasteiger partial charge in [-0.3, -0.25) is 4.79 Å². The molecular weight excluding hydrogens is 398 g/mol. The van der Waals surface area contributed by atoms with Gasteiger partial charge < -0.3 is 23.8 Å². The molecule has 2 amide bonds. The monoisotopic (exact) mass is 419 g/mol. The summed E-state index contributed by atoms with van der Waals surface area (Å²) in [6.07, 6.45) is 0.943. The fourth-order valence-corrected chi connectivity index (χ4v) is 3.21. The number of amides is 2. The minimum absolute atomic E-state index is 0.172. The van der Waals surface area contributed by atoms with Crippen LogP contribution in [0.1, 0.15) is 15.2 Å². The molecule has 0 atom stereocenters. The Bertz CT molecular complexity index is 853. The fourth-order valence-electron chi connectivity index (χ4n) is 2.60. The van der Waals surface area contributed by atoms with Crippen LogP contribution in [0, 0.1) is 0 Å². The number of nitrogens with one attached hydrogen (secondary N) is 1. The number of hydrogen-bond acceptors (Lipinski definition) is 8. The zero-order valence-electron chi connectivity index (χ0n) is 16.0. The summed E-state index contributed by atoms with van der Waals surface area (Å²) < 4.78 is 21.5. The van der Waals surface area contributed by atoms with E-state index >= 15 is 0 Å².